The monoisotopic (exact) mass is 431 g/mol. The molecule has 1 aliphatic carbocycles. The van der Waals surface area contributed by atoms with Gasteiger partial charge >= 0.3 is 0 Å². The van der Waals surface area contributed by atoms with Gasteiger partial charge in [-0.15, -0.1) is 0 Å². The molecule has 2 aromatic rings. The average molecular weight is 431 g/mol. The van der Waals surface area contributed by atoms with E-state index in [-0.39, 0.29) is 41.7 Å². The minimum Gasteiger partial charge on any atom is -0.339 e. The van der Waals surface area contributed by atoms with Gasteiger partial charge in [-0.1, -0.05) is 36.8 Å². The van der Waals surface area contributed by atoms with E-state index in [0.717, 1.165) is 24.8 Å². The fourth-order valence-corrected chi connectivity index (χ4v) is 4.56. The maximum absolute atomic E-state index is 13.1. The molecular weight excluding hydrogens is 406 g/mol. The van der Waals surface area contributed by atoms with E-state index < -0.39 is 0 Å². The summed E-state index contributed by atoms with van der Waals surface area (Å²) in [7, 11) is 0. The van der Waals surface area contributed by atoms with Crippen LogP contribution in [0.3, 0.4) is 0 Å². The number of rotatable bonds is 4. The zero-order valence-corrected chi connectivity index (χ0v) is 17.8. The number of hydrogen-bond donors (Lipinski definition) is 0. The van der Waals surface area contributed by atoms with Crippen LogP contribution in [-0.2, 0) is 11.3 Å². The Balaban J connectivity index is 1.27. The zero-order chi connectivity index (χ0) is 22.2. The Kier molecular flexibility index (Phi) is 5.25. The van der Waals surface area contributed by atoms with E-state index in [1.54, 1.807) is 17.0 Å². The molecule has 0 atom stereocenters. The normalized spacial score (nSPS) is 18.6. The van der Waals surface area contributed by atoms with Gasteiger partial charge in [0, 0.05) is 37.7 Å². The molecule has 2 heterocycles. The summed E-state index contributed by atoms with van der Waals surface area (Å²) in [6, 6.07) is 14.1. The number of fused-ring (bicyclic) bond motifs is 1. The molecule has 32 heavy (non-hydrogen) atoms. The molecule has 2 aromatic carbocycles. The van der Waals surface area contributed by atoms with Crippen LogP contribution in [-0.4, -0.2) is 64.5 Å². The van der Waals surface area contributed by atoms with Crippen LogP contribution in [0.25, 0.3) is 0 Å². The van der Waals surface area contributed by atoms with E-state index in [4.69, 9.17) is 0 Å². The Morgan fingerprint density at radius 1 is 0.812 bits per heavy atom. The average Bonchev–Trinajstić information content (AvgIpc) is 3.02. The maximum atomic E-state index is 13.1. The molecule has 7 heteroatoms. The molecule has 164 valence electrons. The van der Waals surface area contributed by atoms with Crippen LogP contribution >= 0.6 is 0 Å². The molecule has 0 radical (unpaired) electrons. The van der Waals surface area contributed by atoms with Crippen LogP contribution in [0.4, 0.5) is 0 Å². The topological polar surface area (TPSA) is 78.0 Å². The molecular formula is C25H25N3O4. The first-order valence-corrected chi connectivity index (χ1v) is 11.1. The van der Waals surface area contributed by atoms with E-state index in [1.165, 1.54) is 11.0 Å². The van der Waals surface area contributed by atoms with Crippen molar-refractivity contribution in [2.45, 2.75) is 25.8 Å². The summed E-state index contributed by atoms with van der Waals surface area (Å²) in [6.45, 7) is 2.22. The number of amides is 4. The number of hydrogen-bond acceptors (Lipinski definition) is 4. The highest BCUT2D eigenvalue weighted by molar-refractivity contribution is 6.22. The van der Waals surface area contributed by atoms with E-state index in [1.807, 2.05) is 35.2 Å². The molecule has 0 spiro atoms. The van der Waals surface area contributed by atoms with Gasteiger partial charge in [0.1, 0.15) is 0 Å². The molecule has 7 nitrogen and oxygen atoms in total. The van der Waals surface area contributed by atoms with Crippen molar-refractivity contribution < 1.29 is 19.2 Å². The first-order chi connectivity index (χ1) is 15.5. The summed E-state index contributed by atoms with van der Waals surface area (Å²) in [5, 5.41) is 0. The molecule has 0 aromatic heterocycles. The second-order valence-corrected chi connectivity index (χ2v) is 8.69. The molecule has 4 amide bonds. The largest absolute Gasteiger partial charge is 0.339 e. The summed E-state index contributed by atoms with van der Waals surface area (Å²) in [6.07, 6.45) is 3.07. The lowest BCUT2D eigenvalue weighted by Crippen LogP contribution is -2.52. The Labute approximate surface area is 186 Å². The van der Waals surface area contributed by atoms with Crippen molar-refractivity contribution in [2.75, 3.05) is 26.2 Å². The highest BCUT2D eigenvalue weighted by Gasteiger charge is 2.37. The van der Waals surface area contributed by atoms with Crippen molar-refractivity contribution in [1.29, 1.82) is 0 Å². The Morgan fingerprint density at radius 2 is 1.47 bits per heavy atom. The van der Waals surface area contributed by atoms with Crippen molar-refractivity contribution in [2.24, 2.45) is 5.92 Å². The van der Waals surface area contributed by atoms with Crippen molar-refractivity contribution in [3.63, 3.8) is 0 Å². The lowest BCUT2D eigenvalue weighted by molar-refractivity contribution is -0.139. The predicted molar refractivity (Wildman–Crippen MR) is 117 cm³/mol. The van der Waals surface area contributed by atoms with Crippen molar-refractivity contribution >= 4 is 23.6 Å². The molecule has 1 saturated heterocycles. The smallest absolute Gasteiger partial charge is 0.261 e. The third-order valence-corrected chi connectivity index (χ3v) is 6.73. The van der Waals surface area contributed by atoms with Crippen LogP contribution in [0.15, 0.2) is 48.5 Å². The summed E-state index contributed by atoms with van der Waals surface area (Å²) < 4.78 is 0. The second kappa shape index (κ2) is 8.22. The Bertz CT molecular complexity index is 1090. The standard InChI is InChI=1S/C25H25N3O4/c29-22(18-7-4-8-18)26-11-13-27(14-12-26)23(30)19-9-10-20-21(15-19)25(32)28(24(20)31)16-17-5-2-1-3-6-17/h1-3,5-6,9-10,15,18H,4,7-8,11-14,16H2. The molecule has 0 unspecified atom stereocenters. The van der Waals surface area contributed by atoms with Gasteiger partial charge in [0.25, 0.3) is 17.7 Å². The van der Waals surface area contributed by atoms with Crippen LogP contribution in [0.2, 0.25) is 0 Å². The third kappa shape index (κ3) is 3.57. The van der Waals surface area contributed by atoms with Crippen molar-refractivity contribution in [1.82, 2.24) is 14.7 Å². The lowest BCUT2D eigenvalue weighted by atomic mass is 9.84. The number of carbonyl (C=O) groups is 4. The van der Waals surface area contributed by atoms with Crippen LogP contribution in [0.1, 0.15) is 55.9 Å². The molecule has 1 saturated carbocycles. The fourth-order valence-electron chi connectivity index (χ4n) is 4.56. The molecule has 0 N–H and O–H groups in total. The molecule has 2 fully saturated rings. The van der Waals surface area contributed by atoms with Gasteiger partial charge in [-0.25, -0.2) is 0 Å². The summed E-state index contributed by atoms with van der Waals surface area (Å²) in [5.74, 6) is -0.513. The number of benzene rings is 2. The van der Waals surface area contributed by atoms with E-state index >= 15 is 0 Å². The summed E-state index contributed by atoms with van der Waals surface area (Å²) in [5.41, 5.74) is 1.87. The van der Waals surface area contributed by atoms with Gasteiger partial charge in [0.05, 0.1) is 17.7 Å². The van der Waals surface area contributed by atoms with Gasteiger partial charge in [-0.3, -0.25) is 24.1 Å². The molecule has 0 bridgehead atoms. The summed E-state index contributed by atoms with van der Waals surface area (Å²) in [4.78, 5) is 55.9. The van der Waals surface area contributed by atoms with E-state index in [9.17, 15) is 19.2 Å². The van der Waals surface area contributed by atoms with Crippen molar-refractivity contribution in [3.8, 4) is 0 Å². The van der Waals surface area contributed by atoms with Crippen molar-refractivity contribution in [3.05, 3.63) is 70.8 Å². The van der Waals surface area contributed by atoms with Crippen LogP contribution in [0.5, 0.6) is 0 Å². The van der Waals surface area contributed by atoms with Gasteiger partial charge in [-0.2, -0.15) is 0 Å². The number of imide groups is 1. The molecule has 3 aliphatic rings. The number of nitrogens with zero attached hydrogens (tertiary/aromatic N) is 3. The van der Waals surface area contributed by atoms with Crippen LogP contribution < -0.4 is 0 Å². The first kappa shape index (κ1) is 20.4. The predicted octanol–water partition coefficient (Wildman–Crippen LogP) is 2.57. The second-order valence-electron chi connectivity index (χ2n) is 8.69. The highest BCUT2D eigenvalue weighted by atomic mass is 16.2. The zero-order valence-electron chi connectivity index (χ0n) is 17.8. The minimum atomic E-state index is -0.376. The Hall–Kier alpha value is -3.48. The van der Waals surface area contributed by atoms with Gasteiger partial charge in [0.2, 0.25) is 5.91 Å². The van der Waals surface area contributed by atoms with Crippen LogP contribution in [0, 0.1) is 5.92 Å². The lowest BCUT2D eigenvalue weighted by Gasteiger charge is -2.38. The van der Waals surface area contributed by atoms with Gasteiger partial charge in [0.15, 0.2) is 0 Å². The first-order valence-electron chi connectivity index (χ1n) is 11.1. The highest BCUT2D eigenvalue weighted by Crippen LogP contribution is 2.29. The molecule has 2 aliphatic heterocycles. The van der Waals surface area contributed by atoms with E-state index in [2.05, 4.69) is 0 Å². The fraction of sp³-hybridized carbons (Fsp3) is 0.360. The molecule has 5 rings (SSSR count). The SMILES string of the molecule is O=C(c1ccc2c(c1)C(=O)N(Cc1ccccc1)C2=O)N1CCN(C(=O)C2CCC2)CC1. The number of carbonyl (C=O) groups excluding carboxylic acids is 4. The van der Waals surface area contributed by atoms with Gasteiger partial charge in [-0.05, 0) is 36.6 Å². The third-order valence-electron chi connectivity index (χ3n) is 6.73. The van der Waals surface area contributed by atoms with Gasteiger partial charge < -0.3 is 9.80 Å². The minimum absolute atomic E-state index is 0.163. The quantitative estimate of drug-likeness (QED) is 0.697. The Morgan fingerprint density at radius 3 is 2.12 bits per heavy atom. The summed E-state index contributed by atoms with van der Waals surface area (Å²) >= 11 is 0. The van der Waals surface area contributed by atoms with E-state index in [0.29, 0.717) is 37.3 Å². The number of piperazine rings is 1. The maximum Gasteiger partial charge on any atom is 0.261 e.